The van der Waals surface area contributed by atoms with Crippen LogP contribution >= 0.6 is 11.3 Å². The van der Waals surface area contributed by atoms with Crippen LogP contribution in [0.15, 0.2) is 16.8 Å². The van der Waals surface area contributed by atoms with E-state index < -0.39 is 0 Å². The van der Waals surface area contributed by atoms with Gasteiger partial charge < -0.3 is 9.42 Å². The second kappa shape index (κ2) is 5.30. The van der Waals surface area contributed by atoms with Gasteiger partial charge in [-0.3, -0.25) is 4.79 Å². The Morgan fingerprint density at radius 3 is 2.89 bits per heavy atom. The van der Waals surface area contributed by atoms with Gasteiger partial charge >= 0.3 is 0 Å². The Balaban J connectivity index is 2.04. The molecule has 2 heterocycles. The molecule has 0 aliphatic rings. The van der Waals surface area contributed by atoms with Crippen molar-refractivity contribution in [3.63, 3.8) is 0 Å². The van der Waals surface area contributed by atoms with E-state index in [1.165, 1.54) is 11.3 Å². The fourth-order valence-corrected chi connectivity index (χ4v) is 2.42. The van der Waals surface area contributed by atoms with Crippen LogP contribution in [0.25, 0.3) is 0 Å². The molecule has 18 heavy (non-hydrogen) atoms. The average Bonchev–Trinajstić information content (AvgIpc) is 2.97. The molecular formula is C12H15N3O2S. The standard InChI is InChI=1S/C12H15N3O2S/c1-4-11-13-6-10(18-11)12(16)15(3)7-9-5-8(2)17-14-9/h5-6H,4,7H2,1-3H3. The molecule has 0 unspecified atom stereocenters. The van der Waals surface area contributed by atoms with Gasteiger partial charge in [0.1, 0.15) is 16.3 Å². The minimum atomic E-state index is -0.0344. The summed E-state index contributed by atoms with van der Waals surface area (Å²) in [5.41, 5.74) is 0.753. The summed E-state index contributed by atoms with van der Waals surface area (Å²) >= 11 is 1.44. The highest BCUT2D eigenvalue weighted by molar-refractivity contribution is 7.13. The lowest BCUT2D eigenvalue weighted by Gasteiger charge is -2.13. The first-order valence-corrected chi connectivity index (χ1v) is 6.54. The molecule has 0 spiro atoms. The van der Waals surface area contributed by atoms with Crippen LogP contribution in [-0.2, 0) is 13.0 Å². The molecule has 6 heteroatoms. The molecule has 2 aromatic rings. The van der Waals surface area contributed by atoms with Crippen molar-refractivity contribution >= 4 is 17.2 Å². The minimum Gasteiger partial charge on any atom is -0.361 e. The Hall–Kier alpha value is -1.69. The molecule has 5 nitrogen and oxygen atoms in total. The van der Waals surface area contributed by atoms with Gasteiger partial charge in [-0.2, -0.15) is 0 Å². The van der Waals surface area contributed by atoms with Crippen LogP contribution in [0.2, 0.25) is 0 Å². The Morgan fingerprint density at radius 1 is 1.56 bits per heavy atom. The molecule has 0 bridgehead atoms. The lowest BCUT2D eigenvalue weighted by atomic mass is 10.3. The van der Waals surface area contributed by atoms with Gasteiger partial charge in [0.2, 0.25) is 0 Å². The van der Waals surface area contributed by atoms with Crippen molar-refractivity contribution in [2.45, 2.75) is 26.8 Å². The van der Waals surface area contributed by atoms with E-state index in [1.54, 1.807) is 18.1 Å². The van der Waals surface area contributed by atoms with Gasteiger partial charge in [-0.05, 0) is 13.3 Å². The molecule has 0 saturated carbocycles. The summed E-state index contributed by atoms with van der Waals surface area (Å²) in [6.07, 6.45) is 2.49. The molecule has 2 aromatic heterocycles. The maximum atomic E-state index is 12.1. The fourth-order valence-electron chi connectivity index (χ4n) is 1.57. The zero-order chi connectivity index (χ0) is 13.1. The van der Waals surface area contributed by atoms with Crippen molar-refractivity contribution in [2.75, 3.05) is 7.05 Å². The Labute approximate surface area is 109 Å². The molecule has 0 aliphatic carbocycles. The normalized spacial score (nSPS) is 10.6. The van der Waals surface area contributed by atoms with E-state index in [-0.39, 0.29) is 5.91 Å². The second-order valence-electron chi connectivity index (χ2n) is 4.06. The first-order chi connectivity index (χ1) is 8.60. The third kappa shape index (κ3) is 2.76. The van der Waals surface area contributed by atoms with Crippen molar-refractivity contribution in [3.05, 3.63) is 33.6 Å². The monoisotopic (exact) mass is 265 g/mol. The van der Waals surface area contributed by atoms with Gasteiger partial charge in [0.15, 0.2) is 0 Å². The lowest BCUT2D eigenvalue weighted by Crippen LogP contribution is -2.25. The van der Waals surface area contributed by atoms with E-state index in [4.69, 9.17) is 4.52 Å². The van der Waals surface area contributed by atoms with Gasteiger partial charge in [0.25, 0.3) is 5.91 Å². The van der Waals surface area contributed by atoms with E-state index in [9.17, 15) is 4.79 Å². The number of carbonyl (C=O) groups is 1. The van der Waals surface area contributed by atoms with Crippen LogP contribution in [0.3, 0.4) is 0 Å². The number of nitrogens with zero attached hydrogens (tertiary/aromatic N) is 3. The van der Waals surface area contributed by atoms with Crippen LogP contribution in [0, 0.1) is 6.92 Å². The predicted molar refractivity (Wildman–Crippen MR) is 68.5 cm³/mol. The Bertz CT molecular complexity index is 547. The average molecular weight is 265 g/mol. The van der Waals surface area contributed by atoms with Crippen molar-refractivity contribution in [3.8, 4) is 0 Å². The number of amides is 1. The van der Waals surface area contributed by atoms with Gasteiger partial charge in [-0.25, -0.2) is 4.98 Å². The van der Waals surface area contributed by atoms with E-state index in [2.05, 4.69) is 10.1 Å². The van der Waals surface area contributed by atoms with Gasteiger partial charge in [0, 0.05) is 13.1 Å². The number of hydrogen-bond donors (Lipinski definition) is 0. The highest BCUT2D eigenvalue weighted by Crippen LogP contribution is 2.16. The van der Waals surface area contributed by atoms with Gasteiger partial charge in [0.05, 0.1) is 17.7 Å². The smallest absolute Gasteiger partial charge is 0.265 e. The number of carbonyl (C=O) groups excluding carboxylic acids is 1. The Kier molecular flexibility index (Phi) is 3.76. The molecule has 0 aromatic carbocycles. The van der Waals surface area contributed by atoms with E-state index in [1.807, 2.05) is 19.9 Å². The molecule has 0 fully saturated rings. The van der Waals surface area contributed by atoms with Gasteiger partial charge in [-0.1, -0.05) is 12.1 Å². The number of aryl methyl sites for hydroxylation is 2. The van der Waals surface area contributed by atoms with E-state index in [0.29, 0.717) is 11.4 Å². The molecule has 2 rings (SSSR count). The SMILES string of the molecule is CCc1ncc(C(=O)N(C)Cc2cc(C)on2)s1. The van der Waals surface area contributed by atoms with Gasteiger partial charge in [-0.15, -0.1) is 11.3 Å². The fraction of sp³-hybridized carbons (Fsp3) is 0.417. The molecule has 0 saturated heterocycles. The third-order valence-electron chi connectivity index (χ3n) is 2.49. The predicted octanol–water partition coefficient (Wildman–Crippen LogP) is 2.27. The molecule has 96 valence electrons. The molecule has 0 N–H and O–H groups in total. The highest BCUT2D eigenvalue weighted by Gasteiger charge is 2.16. The summed E-state index contributed by atoms with van der Waals surface area (Å²) < 4.78 is 4.97. The second-order valence-corrected chi connectivity index (χ2v) is 5.18. The first kappa shape index (κ1) is 12.8. The minimum absolute atomic E-state index is 0.0344. The molecule has 0 aliphatic heterocycles. The molecule has 0 atom stereocenters. The van der Waals surface area contributed by atoms with Crippen molar-refractivity contribution in [1.29, 1.82) is 0 Å². The summed E-state index contributed by atoms with van der Waals surface area (Å²) in [7, 11) is 1.75. The van der Waals surface area contributed by atoms with E-state index >= 15 is 0 Å². The lowest BCUT2D eigenvalue weighted by molar-refractivity contribution is 0.0786. The Morgan fingerprint density at radius 2 is 2.33 bits per heavy atom. The van der Waals surface area contributed by atoms with Crippen LogP contribution < -0.4 is 0 Å². The number of hydrogen-bond acceptors (Lipinski definition) is 5. The topological polar surface area (TPSA) is 59.2 Å². The number of rotatable bonds is 4. The van der Waals surface area contributed by atoms with E-state index in [0.717, 1.165) is 22.9 Å². The first-order valence-electron chi connectivity index (χ1n) is 5.72. The highest BCUT2D eigenvalue weighted by atomic mass is 32.1. The maximum Gasteiger partial charge on any atom is 0.265 e. The zero-order valence-corrected chi connectivity index (χ0v) is 11.5. The zero-order valence-electron chi connectivity index (χ0n) is 10.6. The van der Waals surface area contributed by atoms with Crippen molar-refractivity contribution in [2.24, 2.45) is 0 Å². The molecule has 0 radical (unpaired) electrons. The van der Waals surface area contributed by atoms with Crippen molar-refractivity contribution < 1.29 is 9.32 Å². The molecular weight excluding hydrogens is 250 g/mol. The summed E-state index contributed by atoms with van der Waals surface area (Å²) in [6, 6.07) is 1.83. The van der Waals surface area contributed by atoms with Crippen LogP contribution in [0.5, 0.6) is 0 Å². The molecule has 1 amide bonds. The summed E-state index contributed by atoms with van der Waals surface area (Å²) in [6.45, 7) is 4.29. The van der Waals surface area contributed by atoms with Crippen LogP contribution in [-0.4, -0.2) is 28.0 Å². The van der Waals surface area contributed by atoms with Crippen LogP contribution in [0.1, 0.15) is 33.1 Å². The third-order valence-corrected chi connectivity index (χ3v) is 3.62. The summed E-state index contributed by atoms with van der Waals surface area (Å²) in [4.78, 5) is 18.6. The largest absolute Gasteiger partial charge is 0.361 e. The maximum absolute atomic E-state index is 12.1. The summed E-state index contributed by atoms with van der Waals surface area (Å²) in [5, 5.41) is 4.85. The number of aromatic nitrogens is 2. The van der Waals surface area contributed by atoms with Crippen molar-refractivity contribution in [1.82, 2.24) is 15.0 Å². The number of thiazole rings is 1. The quantitative estimate of drug-likeness (QED) is 0.851. The van der Waals surface area contributed by atoms with Crippen LogP contribution in [0.4, 0.5) is 0 Å². The summed E-state index contributed by atoms with van der Waals surface area (Å²) in [5.74, 6) is 0.713.